The van der Waals surface area contributed by atoms with E-state index in [4.69, 9.17) is 0 Å². The molecular formula is C11H22N2. The van der Waals surface area contributed by atoms with E-state index >= 15 is 0 Å². The van der Waals surface area contributed by atoms with Crippen molar-refractivity contribution >= 4 is 0 Å². The van der Waals surface area contributed by atoms with Crippen molar-refractivity contribution in [1.82, 2.24) is 10.2 Å². The van der Waals surface area contributed by atoms with E-state index in [-0.39, 0.29) is 0 Å². The fraction of sp³-hybridized carbons (Fsp3) is 0.818. The first-order valence-corrected chi connectivity index (χ1v) is 5.38. The van der Waals surface area contributed by atoms with E-state index in [1.165, 1.54) is 31.5 Å². The molecule has 0 aliphatic carbocycles. The van der Waals surface area contributed by atoms with Crippen molar-refractivity contribution < 1.29 is 0 Å². The van der Waals surface area contributed by atoms with Gasteiger partial charge in [-0.15, -0.1) is 0 Å². The monoisotopic (exact) mass is 182 g/mol. The highest BCUT2D eigenvalue weighted by atomic mass is 15.2. The van der Waals surface area contributed by atoms with Crippen LogP contribution in [0.25, 0.3) is 0 Å². The minimum Gasteiger partial charge on any atom is -0.372 e. The van der Waals surface area contributed by atoms with Crippen LogP contribution in [-0.2, 0) is 0 Å². The van der Waals surface area contributed by atoms with Crippen LogP contribution < -0.4 is 5.32 Å². The van der Waals surface area contributed by atoms with Crippen molar-refractivity contribution in [2.24, 2.45) is 0 Å². The highest BCUT2D eigenvalue weighted by Gasteiger charge is 2.19. The maximum atomic E-state index is 4.05. The van der Waals surface area contributed by atoms with Crippen molar-refractivity contribution in [2.45, 2.75) is 39.2 Å². The van der Waals surface area contributed by atoms with Crippen molar-refractivity contribution in [3.8, 4) is 0 Å². The molecule has 1 N–H and O–H groups in total. The first-order chi connectivity index (χ1) is 6.25. The molecule has 2 heteroatoms. The smallest absolute Gasteiger partial charge is 0.0310 e. The van der Waals surface area contributed by atoms with Crippen molar-refractivity contribution in [3.63, 3.8) is 0 Å². The molecule has 0 aromatic carbocycles. The Morgan fingerprint density at radius 3 is 2.54 bits per heavy atom. The first-order valence-electron chi connectivity index (χ1n) is 5.38. The summed E-state index contributed by atoms with van der Waals surface area (Å²) >= 11 is 0. The third-order valence-corrected chi connectivity index (χ3v) is 2.70. The van der Waals surface area contributed by atoms with E-state index in [1.807, 2.05) is 0 Å². The van der Waals surface area contributed by atoms with Crippen molar-refractivity contribution in [2.75, 3.05) is 19.6 Å². The lowest BCUT2D eigenvalue weighted by Gasteiger charge is -2.36. The van der Waals surface area contributed by atoms with Crippen LogP contribution in [0.1, 0.15) is 33.1 Å². The van der Waals surface area contributed by atoms with Gasteiger partial charge in [0.2, 0.25) is 0 Å². The second-order valence-corrected chi connectivity index (χ2v) is 3.91. The zero-order valence-corrected chi connectivity index (χ0v) is 8.97. The van der Waals surface area contributed by atoms with Gasteiger partial charge in [0, 0.05) is 18.3 Å². The van der Waals surface area contributed by atoms with E-state index in [1.54, 1.807) is 0 Å². The zero-order valence-electron chi connectivity index (χ0n) is 8.97. The first kappa shape index (κ1) is 10.6. The fourth-order valence-corrected chi connectivity index (χ4v) is 2.04. The molecular weight excluding hydrogens is 160 g/mol. The highest BCUT2D eigenvalue weighted by Crippen LogP contribution is 2.16. The molecule has 0 bridgehead atoms. The summed E-state index contributed by atoms with van der Waals surface area (Å²) in [6.07, 6.45) is 3.76. The van der Waals surface area contributed by atoms with E-state index in [0.717, 1.165) is 19.1 Å². The van der Waals surface area contributed by atoms with Gasteiger partial charge in [0.05, 0.1) is 0 Å². The van der Waals surface area contributed by atoms with Crippen LogP contribution in [0, 0.1) is 0 Å². The Balaban J connectivity index is 2.46. The largest absolute Gasteiger partial charge is 0.372 e. The number of hydrogen-bond acceptors (Lipinski definition) is 2. The molecule has 13 heavy (non-hydrogen) atoms. The molecule has 0 aromatic rings. The molecule has 1 fully saturated rings. The van der Waals surface area contributed by atoms with Crippen molar-refractivity contribution in [3.05, 3.63) is 12.3 Å². The Morgan fingerprint density at radius 1 is 1.46 bits per heavy atom. The van der Waals surface area contributed by atoms with Gasteiger partial charge in [-0.1, -0.05) is 13.5 Å². The molecule has 1 saturated heterocycles. The zero-order chi connectivity index (χ0) is 9.68. The number of hydrogen-bond donors (Lipinski definition) is 1. The lowest BCUT2D eigenvalue weighted by molar-refractivity contribution is 0.208. The van der Waals surface area contributed by atoms with Gasteiger partial charge < -0.3 is 10.2 Å². The van der Waals surface area contributed by atoms with Crippen molar-refractivity contribution in [1.29, 1.82) is 0 Å². The molecule has 1 aliphatic heterocycles. The minimum absolute atomic E-state index is 0.735. The maximum Gasteiger partial charge on any atom is 0.0310 e. The number of rotatable bonds is 4. The summed E-state index contributed by atoms with van der Waals surface area (Å²) in [6, 6.07) is 0.735. The fourth-order valence-electron chi connectivity index (χ4n) is 2.04. The Bertz CT molecular complexity index is 159. The topological polar surface area (TPSA) is 15.3 Å². The summed E-state index contributed by atoms with van der Waals surface area (Å²) in [5, 5.41) is 3.39. The second-order valence-electron chi connectivity index (χ2n) is 3.91. The summed E-state index contributed by atoms with van der Waals surface area (Å²) in [5.74, 6) is 0. The van der Waals surface area contributed by atoms with Crippen LogP contribution in [-0.4, -0.2) is 30.6 Å². The number of allylic oxidation sites excluding steroid dienone is 1. The molecule has 0 amide bonds. The Hall–Kier alpha value is -0.500. The summed E-state index contributed by atoms with van der Waals surface area (Å²) < 4.78 is 0. The van der Waals surface area contributed by atoms with Gasteiger partial charge in [-0.2, -0.15) is 0 Å². The molecule has 1 aliphatic rings. The number of piperidine rings is 1. The Morgan fingerprint density at radius 2 is 2.08 bits per heavy atom. The lowest BCUT2D eigenvalue weighted by Crippen LogP contribution is -2.42. The molecule has 2 nitrogen and oxygen atoms in total. The summed E-state index contributed by atoms with van der Waals surface area (Å²) in [4.78, 5) is 2.47. The maximum absolute atomic E-state index is 4.05. The van der Waals surface area contributed by atoms with Crippen LogP contribution in [0.4, 0.5) is 0 Å². The summed E-state index contributed by atoms with van der Waals surface area (Å²) in [5.41, 5.74) is 1.23. The molecule has 0 atom stereocenters. The Kier molecular flexibility index (Phi) is 4.29. The average Bonchev–Trinajstić information content (AvgIpc) is 2.15. The molecule has 1 heterocycles. The predicted octanol–water partition coefficient (Wildman–Crippen LogP) is 1.98. The summed E-state index contributed by atoms with van der Waals surface area (Å²) in [6.45, 7) is 11.9. The molecule has 0 spiro atoms. The van der Waals surface area contributed by atoms with E-state index < -0.39 is 0 Å². The van der Waals surface area contributed by atoms with Gasteiger partial charge in [-0.05, 0) is 39.3 Å². The number of nitrogens with one attached hydrogen (secondary N) is 1. The molecule has 0 unspecified atom stereocenters. The Labute approximate surface area is 82.0 Å². The molecule has 1 rings (SSSR count). The molecule has 0 radical (unpaired) electrons. The van der Waals surface area contributed by atoms with Crippen LogP contribution in [0.5, 0.6) is 0 Å². The highest BCUT2D eigenvalue weighted by molar-refractivity contribution is 4.94. The third kappa shape index (κ3) is 3.03. The summed E-state index contributed by atoms with van der Waals surface area (Å²) in [7, 11) is 0. The van der Waals surface area contributed by atoms with Gasteiger partial charge >= 0.3 is 0 Å². The van der Waals surface area contributed by atoms with Gasteiger partial charge in [-0.25, -0.2) is 0 Å². The predicted molar refractivity (Wildman–Crippen MR) is 57.7 cm³/mol. The molecule has 0 aromatic heterocycles. The third-order valence-electron chi connectivity index (χ3n) is 2.70. The quantitative estimate of drug-likeness (QED) is 0.715. The lowest BCUT2D eigenvalue weighted by atomic mass is 10.0. The van der Waals surface area contributed by atoms with Crippen LogP contribution >= 0.6 is 0 Å². The molecule has 76 valence electrons. The van der Waals surface area contributed by atoms with E-state index in [0.29, 0.717) is 0 Å². The van der Waals surface area contributed by atoms with Gasteiger partial charge in [0.15, 0.2) is 0 Å². The standard InChI is InChI=1S/C11H22N2/c1-4-9-13(10(2)3)11-5-7-12-8-6-11/h11-12H,2,4-9H2,1,3H3. The molecule has 0 saturated carbocycles. The SMILES string of the molecule is C=C(C)N(CCC)C1CCNCC1. The second kappa shape index (κ2) is 5.28. The van der Waals surface area contributed by atoms with Gasteiger partial charge in [-0.3, -0.25) is 0 Å². The normalized spacial score (nSPS) is 18.6. The van der Waals surface area contributed by atoms with E-state index in [9.17, 15) is 0 Å². The van der Waals surface area contributed by atoms with E-state index in [2.05, 4.69) is 30.6 Å². The van der Waals surface area contributed by atoms with Gasteiger partial charge in [0.25, 0.3) is 0 Å². The van der Waals surface area contributed by atoms with Crippen LogP contribution in [0.15, 0.2) is 12.3 Å². The van der Waals surface area contributed by atoms with Crippen LogP contribution in [0.3, 0.4) is 0 Å². The number of nitrogens with zero attached hydrogens (tertiary/aromatic N) is 1. The van der Waals surface area contributed by atoms with Gasteiger partial charge in [0.1, 0.15) is 0 Å². The minimum atomic E-state index is 0.735. The average molecular weight is 182 g/mol. The van der Waals surface area contributed by atoms with Crippen LogP contribution in [0.2, 0.25) is 0 Å².